The number of carbonyl (C=O) groups excluding carboxylic acids is 1. The number of halogens is 1. The van der Waals surface area contributed by atoms with Gasteiger partial charge in [-0.25, -0.2) is 9.37 Å². The molecule has 7 heteroatoms. The molecule has 29 heavy (non-hydrogen) atoms. The summed E-state index contributed by atoms with van der Waals surface area (Å²) in [5, 5.41) is 14.6. The molecular formula is C22H23FN4O2. The first-order valence-electron chi connectivity index (χ1n) is 10.2. The molecule has 1 aliphatic carbocycles. The van der Waals surface area contributed by atoms with Gasteiger partial charge in [0.2, 0.25) is 5.91 Å². The minimum Gasteiger partial charge on any atom is -0.387 e. The van der Waals surface area contributed by atoms with Crippen LogP contribution >= 0.6 is 0 Å². The highest BCUT2D eigenvalue weighted by atomic mass is 19.1. The first kappa shape index (κ1) is 18.1. The first-order valence-corrected chi connectivity index (χ1v) is 9.69. The number of anilines is 1. The smallest absolute Gasteiger partial charge is 0.231 e. The zero-order valence-electron chi connectivity index (χ0n) is 17.3. The van der Waals surface area contributed by atoms with Gasteiger partial charge in [0.15, 0.2) is 0 Å². The molecule has 1 aliphatic rings. The van der Waals surface area contributed by atoms with Crippen LogP contribution in [0, 0.1) is 12.8 Å². The Bertz CT molecular complexity index is 1120. The molecule has 0 aliphatic heterocycles. The van der Waals surface area contributed by atoms with Gasteiger partial charge in [-0.3, -0.25) is 14.8 Å². The summed E-state index contributed by atoms with van der Waals surface area (Å²) in [5.41, 5.74) is 2.67. The standard InChI is InChI=1S/C22H23FN4O2/c1-3-4-20(28)19-5-12(2)16(11-25-19)18-6-13-10-26-21(7-14(13)9-24-18)27-22(29)15-8-17(15)23/h5-7,9-11,15,17,20,28H,3-4,8H2,1-2H3,(H,26,27,29)/t15-,17+,20+/m1/s1/i20D. The Kier molecular flexibility index (Phi) is 4.89. The highest BCUT2D eigenvalue weighted by Gasteiger charge is 2.43. The number of carbonyl (C=O) groups is 1. The normalized spacial score (nSPS) is 20.8. The van der Waals surface area contributed by atoms with Crippen molar-refractivity contribution in [2.45, 2.75) is 45.4 Å². The lowest BCUT2D eigenvalue weighted by Gasteiger charge is -2.12. The molecule has 0 radical (unpaired) electrons. The van der Waals surface area contributed by atoms with Gasteiger partial charge in [0.25, 0.3) is 0 Å². The number of alkyl halides is 1. The van der Waals surface area contributed by atoms with Crippen LogP contribution in [0.1, 0.15) is 44.9 Å². The maximum atomic E-state index is 13.0. The van der Waals surface area contributed by atoms with Crippen molar-refractivity contribution in [3.05, 3.63) is 48.0 Å². The van der Waals surface area contributed by atoms with E-state index in [9.17, 15) is 14.3 Å². The van der Waals surface area contributed by atoms with Crippen LogP contribution in [0.25, 0.3) is 22.0 Å². The van der Waals surface area contributed by atoms with E-state index in [2.05, 4.69) is 20.3 Å². The van der Waals surface area contributed by atoms with Gasteiger partial charge in [0.05, 0.1) is 24.8 Å². The summed E-state index contributed by atoms with van der Waals surface area (Å²) in [7, 11) is 0. The fraction of sp³-hybridized carbons (Fsp3) is 0.364. The van der Waals surface area contributed by atoms with Gasteiger partial charge in [-0.1, -0.05) is 13.3 Å². The summed E-state index contributed by atoms with van der Waals surface area (Å²) in [6.45, 7) is 3.80. The van der Waals surface area contributed by atoms with Gasteiger partial charge < -0.3 is 10.4 Å². The molecule has 3 aromatic rings. The highest BCUT2D eigenvalue weighted by Crippen LogP contribution is 2.34. The van der Waals surface area contributed by atoms with E-state index in [0.29, 0.717) is 30.0 Å². The summed E-state index contributed by atoms with van der Waals surface area (Å²) in [4.78, 5) is 24.9. The molecular weight excluding hydrogens is 371 g/mol. The summed E-state index contributed by atoms with van der Waals surface area (Å²) in [6, 6.07) is 5.30. The van der Waals surface area contributed by atoms with Crippen molar-refractivity contribution in [1.29, 1.82) is 0 Å². The molecule has 4 rings (SSSR count). The van der Waals surface area contributed by atoms with Crippen LogP contribution in [0.4, 0.5) is 10.2 Å². The molecule has 0 saturated heterocycles. The number of nitrogens with zero attached hydrogens (tertiary/aromatic N) is 3. The average Bonchev–Trinajstić information content (AvgIpc) is 3.44. The topological polar surface area (TPSA) is 88.0 Å². The minimum absolute atomic E-state index is 0.270. The summed E-state index contributed by atoms with van der Waals surface area (Å²) >= 11 is 0. The second-order valence-electron chi connectivity index (χ2n) is 7.41. The van der Waals surface area contributed by atoms with Crippen LogP contribution in [0.2, 0.25) is 0 Å². The number of amides is 1. The van der Waals surface area contributed by atoms with Crippen molar-refractivity contribution >= 4 is 22.5 Å². The van der Waals surface area contributed by atoms with E-state index >= 15 is 0 Å². The molecule has 0 spiro atoms. The third-order valence-corrected chi connectivity index (χ3v) is 5.07. The minimum atomic E-state index is -1.71. The van der Waals surface area contributed by atoms with Crippen molar-refractivity contribution in [3.63, 3.8) is 0 Å². The third-order valence-electron chi connectivity index (χ3n) is 5.07. The Hall–Kier alpha value is -2.93. The Balaban J connectivity index is 1.59. The van der Waals surface area contributed by atoms with Gasteiger partial charge in [0, 0.05) is 34.9 Å². The highest BCUT2D eigenvalue weighted by molar-refractivity contribution is 5.96. The quantitative estimate of drug-likeness (QED) is 0.655. The number of hydrogen-bond acceptors (Lipinski definition) is 5. The van der Waals surface area contributed by atoms with E-state index in [1.807, 2.05) is 19.9 Å². The lowest BCUT2D eigenvalue weighted by molar-refractivity contribution is -0.117. The van der Waals surface area contributed by atoms with E-state index in [4.69, 9.17) is 1.37 Å². The molecule has 3 heterocycles. The zero-order chi connectivity index (χ0) is 21.5. The molecule has 0 aromatic carbocycles. The summed E-state index contributed by atoms with van der Waals surface area (Å²) in [6.07, 6.45) is 3.45. The fourth-order valence-corrected chi connectivity index (χ4v) is 3.25. The monoisotopic (exact) mass is 395 g/mol. The van der Waals surface area contributed by atoms with Crippen molar-refractivity contribution in [1.82, 2.24) is 15.0 Å². The predicted molar refractivity (Wildman–Crippen MR) is 109 cm³/mol. The average molecular weight is 395 g/mol. The molecule has 3 aromatic heterocycles. The third kappa shape index (κ3) is 4.10. The molecule has 150 valence electrons. The predicted octanol–water partition coefficient (Wildman–Crippen LogP) is 4.13. The van der Waals surface area contributed by atoms with Gasteiger partial charge in [0.1, 0.15) is 12.0 Å². The van der Waals surface area contributed by atoms with Crippen LogP contribution in [0.5, 0.6) is 0 Å². The number of aromatic nitrogens is 3. The molecule has 6 nitrogen and oxygen atoms in total. The zero-order valence-corrected chi connectivity index (χ0v) is 16.3. The summed E-state index contributed by atoms with van der Waals surface area (Å²) < 4.78 is 21.1. The molecule has 1 saturated carbocycles. The van der Waals surface area contributed by atoms with E-state index in [1.54, 1.807) is 30.7 Å². The van der Waals surface area contributed by atoms with Crippen LogP contribution < -0.4 is 5.32 Å². The SMILES string of the molecule is [2H][C@](O)(CCC)c1cc(C)c(-c2cc3cnc(NC(=O)[C@@H]4C[C@@H]4F)cc3cn2)cn1. The lowest BCUT2D eigenvalue weighted by Crippen LogP contribution is -2.15. The van der Waals surface area contributed by atoms with Gasteiger partial charge >= 0.3 is 0 Å². The number of nitrogens with one attached hydrogen (secondary N) is 1. The molecule has 2 N–H and O–H groups in total. The van der Waals surface area contributed by atoms with E-state index < -0.39 is 18.2 Å². The number of fused-ring (bicyclic) bond motifs is 1. The van der Waals surface area contributed by atoms with Crippen LogP contribution in [-0.4, -0.2) is 32.1 Å². The number of aryl methyl sites for hydroxylation is 1. The van der Waals surface area contributed by atoms with Crippen molar-refractivity contribution < 1.29 is 15.7 Å². The van der Waals surface area contributed by atoms with Crippen LogP contribution in [-0.2, 0) is 4.79 Å². The molecule has 1 fully saturated rings. The van der Waals surface area contributed by atoms with Crippen molar-refractivity contribution in [2.24, 2.45) is 5.92 Å². The molecule has 1 amide bonds. The van der Waals surface area contributed by atoms with Crippen molar-refractivity contribution in [2.75, 3.05) is 5.32 Å². The molecule has 0 bridgehead atoms. The number of aliphatic hydroxyl groups is 1. The fourth-order valence-electron chi connectivity index (χ4n) is 3.25. The van der Waals surface area contributed by atoms with E-state index in [1.165, 1.54) is 0 Å². The van der Waals surface area contributed by atoms with Crippen molar-refractivity contribution in [3.8, 4) is 11.3 Å². The Morgan fingerprint density at radius 1 is 1.28 bits per heavy atom. The van der Waals surface area contributed by atoms with Crippen LogP contribution in [0.3, 0.4) is 0 Å². The Morgan fingerprint density at radius 2 is 2.00 bits per heavy atom. The number of rotatable bonds is 6. The van der Waals surface area contributed by atoms with Crippen LogP contribution in [0.15, 0.2) is 36.8 Å². The Labute approximate surface area is 169 Å². The Morgan fingerprint density at radius 3 is 2.69 bits per heavy atom. The molecule has 0 unspecified atom stereocenters. The van der Waals surface area contributed by atoms with E-state index in [0.717, 1.165) is 21.9 Å². The summed E-state index contributed by atoms with van der Waals surface area (Å²) in [5.74, 6) is -0.549. The van der Waals surface area contributed by atoms with E-state index in [-0.39, 0.29) is 12.3 Å². The molecule has 3 atom stereocenters. The van der Waals surface area contributed by atoms with Gasteiger partial charge in [-0.2, -0.15) is 0 Å². The van der Waals surface area contributed by atoms with Gasteiger partial charge in [-0.15, -0.1) is 0 Å². The lowest BCUT2D eigenvalue weighted by atomic mass is 10.0. The number of pyridine rings is 3. The number of hydrogen-bond donors (Lipinski definition) is 2. The largest absolute Gasteiger partial charge is 0.387 e. The maximum absolute atomic E-state index is 13.0. The second kappa shape index (κ2) is 7.83. The second-order valence-corrected chi connectivity index (χ2v) is 7.41. The first-order chi connectivity index (χ1) is 14.3. The maximum Gasteiger partial charge on any atom is 0.231 e. The van der Waals surface area contributed by atoms with Gasteiger partial charge in [-0.05, 0) is 43.5 Å².